The van der Waals surface area contributed by atoms with E-state index in [0.717, 1.165) is 25.1 Å². The zero-order chi connectivity index (χ0) is 17.4. The summed E-state index contributed by atoms with van der Waals surface area (Å²) in [6.45, 7) is 2.73. The number of likely N-dealkylation sites (N-methyl/N-ethyl adjacent to an activating group) is 2. The van der Waals surface area contributed by atoms with Crippen molar-refractivity contribution in [1.82, 2.24) is 9.21 Å². The smallest absolute Gasteiger partial charge is 0.276 e. The molecule has 1 atom stereocenters. The molecule has 128 valence electrons. The Kier molecular flexibility index (Phi) is 5.02. The Morgan fingerprint density at radius 2 is 2.09 bits per heavy atom. The molecule has 1 aromatic carbocycles. The molecule has 1 aliphatic heterocycles. The van der Waals surface area contributed by atoms with Gasteiger partial charge in [0, 0.05) is 25.7 Å². The largest absolute Gasteiger partial charge is 0.305 e. The third-order valence-corrected chi connectivity index (χ3v) is 6.17. The van der Waals surface area contributed by atoms with Gasteiger partial charge >= 0.3 is 0 Å². The summed E-state index contributed by atoms with van der Waals surface area (Å²) in [5.41, 5.74) is -0.702. The van der Waals surface area contributed by atoms with E-state index in [2.05, 4.69) is 0 Å². The minimum Gasteiger partial charge on any atom is -0.305 e. The van der Waals surface area contributed by atoms with E-state index in [-0.39, 0.29) is 16.5 Å². The maximum Gasteiger partial charge on any atom is 0.276 e. The van der Waals surface area contributed by atoms with Crippen LogP contribution < -0.4 is 0 Å². The highest BCUT2D eigenvalue weighted by Crippen LogP contribution is 2.28. The van der Waals surface area contributed by atoms with Crippen molar-refractivity contribution in [2.45, 2.75) is 30.7 Å². The molecule has 1 aliphatic rings. The zero-order valence-electron chi connectivity index (χ0n) is 13.3. The second kappa shape index (κ2) is 6.50. The summed E-state index contributed by atoms with van der Waals surface area (Å²) in [6, 6.07) is 1.54. The van der Waals surface area contributed by atoms with Crippen LogP contribution in [0.4, 0.5) is 10.1 Å². The number of halogens is 1. The monoisotopic (exact) mass is 345 g/mol. The summed E-state index contributed by atoms with van der Waals surface area (Å²) in [5, 5.41) is 11.0. The Hall–Kier alpha value is -1.58. The van der Waals surface area contributed by atoms with Gasteiger partial charge in [-0.3, -0.25) is 10.1 Å². The second-order valence-corrected chi connectivity index (χ2v) is 7.88. The summed E-state index contributed by atoms with van der Waals surface area (Å²) in [7, 11) is -0.656. The van der Waals surface area contributed by atoms with Gasteiger partial charge in [0.25, 0.3) is 5.69 Å². The SMILES string of the molecule is Cc1c(F)cc(S(=O)(=O)N(C)[C@@H]2CCCN(C)C2)cc1[N+](=O)[O-]. The number of sulfonamides is 1. The van der Waals surface area contributed by atoms with Crippen LogP contribution in [0.15, 0.2) is 17.0 Å². The number of benzene rings is 1. The molecule has 1 fully saturated rings. The van der Waals surface area contributed by atoms with E-state index in [9.17, 15) is 22.9 Å². The Morgan fingerprint density at radius 3 is 2.65 bits per heavy atom. The average molecular weight is 345 g/mol. The van der Waals surface area contributed by atoms with Crippen LogP contribution in [0.1, 0.15) is 18.4 Å². The molecule has 0 radical (unpaired) electrons. The van der Waals surface area contributed by atoms with Gasteiger partial charge in [0.05, 0.1) is 15.4 Å². The van der Waals surface area contributed by atoms with Crippen LogP contribution in [0.25, 0.3) is 0 Å². The lowest BCUT2D eigenvalue weighted by molar-refractivity contribution is -0.385. The Morgan fingerprint density at radius 1 is 1.43 bits per heavy atom. The maximum atomic E-state index is 13.9. The standard InChI is InChI=1S/C14H20FN3O4S/c1-10-13(15)7-12(8-14(10)18(19)20)23(21,22)17(3)11-5-4-6-16(2)9-11/h7-8,11H,4-6,9H2,1-3H3/t11-/m1/s1. The first-order chi connectivity index (χ1) is 10.6. The van der Waals surface area contributed by atoms with E-state index in [1.807, 2.05) is 11.9 Å². The molecule has 1 aromatic rings. The van der Waals surface area contributed by atoms with Crippen LogP contribution in [0.5, 0.6) is 0 Å². The minimum absolute atomic E-state index is 0.172. The molecule has 0 spiro atoms. The molecule has 23 heavy (non-hydrogen) atoms. The number of hydrogen-bond donors (Lipinski definition) is 0. The molecule has 1 heterocycles. The predicted molar refractivity (Wildman–Crippen MR) is 83.3 cm³/mol. The van der Waals surface area contributed by atoms with E-state index >= 15 is 0 Å². The van der Waals surface area contributed by atoms with E-state index in [4.69, 9.17) is 0 Å². The maximum absolute atomic E-state index is 13.9. The third-order valence-electron chi connectivity index (χ3n) is 4.28. The lowest BCUT2D eigenvalue weighted by atomic mass is 10.1. The number of piperidine rings is 1. The van der Waals surface area contributed by atoms with Gasteiger partial charge in [-0.05, 0) is 39.4 Å². The molecule has 0 bridgehead atoms. The van der Waals surface area contributed by atoms with Crippen LogP contribution in [0, 0.1) is 22.9 Å². The van der Waals surface area contributed by atoms with Crippen molar-refractivity contribution in [2.75, 3.05) is 27.2 Å². The fourth-order valence-electron chi connectivity index (χ4n) is 2.78. The van der Waals surface area contributed by atoms with Crippen LogP contribution in [-0.2, 0) is 10.0 Å². The van der Waals surface area contributed by atoms with Gasteiger partial charge in [-0.2, -0.15) is 4.31 Å². The summed E-state index contributed by atoms with van der Waals surface area (Å²) < 4.78 is 40.5. The number of nitrogens with zero attached hydrogens (tertiary/aromatic N) is 3. The number of nitro benzene ring substituents is 1. The van der Waals surface area contributed by atoms with Crippen molar-refractivity contribution in [3.05, 3.63) is 33.6 Å². The normalized spacial score (nSPS) is 20.0. The molecule has 0 saturated carbocycles. The van der Waals surface area contributed by atoms with E-state index in [1.165, 1.54) is 18.3 Å². The van der Waals surface area contributed by atoms with E-state index in [1.54, 1.807) is 0 Å². The van der Waals surface area contributed by atoms with Crippen LogP contribution in [-0.4, -0.2) is 55.8 Å². The average Bonchev–Trinajstić information content (AvgIpc) is 2.48. The van der Waals surface area contributed by atoms with Crippen molar-refractivity contribution in [3.63, 3.8) is 0 Å². The quantitative estimate of drug-likeness (QED) is 0.613. The van der Waals surface area contributed by atoms with Gasteiger partial charge in [-0.1, -0.05) is 0 Å². The second-order valence-electron chi connectivity index (χ2n) is 5.89. The summed E-state index contributed by atoms with van der Waals surface area (Å²) in [4.78, 5) is 11.9. The predicted octanol–water partition coefficient (Wildman–Crippen LogP) is 1.76. The highest BCUT2D eigenvalue weighted by Gasteiger charge is 2.32. The molecule has 0 aromatic heterocycles. The molecule has 1 saturated heterocycles. The van der Waals surface area contributed by atoms with Crippen LogP contribution >= 0.6 is 0 Å². The van der Waals surface area contributed by atoms with Crippen molar-refractivity contribution < 1.29 is 17.7 Å². The lowest BCUT2D eigenvalue weighted by Gasteiger charge is -2.35. The van der Waals surface area contributed by atoms with Crippen molar-refractivity contribution in [1.29, 1.82) is 0 Å². The van der Waals surface area contributed by atoms with Crippen molar-refractivity contribution in [2.24, 2.45) is 0 Å². The fourth-order valence-corrected chi connectivity index (χ4v) is 4.19. The summed E-state index contributed by atoms with van der Waals surface area (Å²) in [5.74, 6) is -0.896. The van der Waals surface area contributed by atoms with Gasteiger partial charge in [0.2, 0.25) is 10.0 Å². The van der Waals surface area contributed by atoms with Gasteiger partial charge < -0.3 is 4.90 Å². The lowest BCUT2D eigenvalue weighted by Crippen LogP contribution is -2.47. The van der Waals surface area contributed by atoms with Crippen molar-refractivity contribution >= 4 is 15.7 Å². The van der Waals surface area contributed by atoms with Crippen LogP contribution in [0.3, 0.4) is 0 Å². The summed E-state index contributed by atoms with van der Waals surface area (Å²) >= 11 is 0. The zero-order valence-corrected chi connectivity index (χ0v) is 14.1. The fraction of sp³-hybridized carbons (Fsp3) is 0.571. The first-order valence-electron chi connectivity index (χ1n) is 7.25. The topological polar surface area (TPSA) is 83.8 Å². The molecule has 0 amide bonds. The molecule has 2 rings (SSSR count). The molecule has 0 N–H and O–H groups in total. The number of likely N-dealkylation sites (tertiary alicyclic amines) is 1. The van der Waals surface area contributed by atoms with Gasteiger partial charge in [0.15, 0.2) is 0 Å². The molecular formula is C14H20FN3O4S. The number of rotatable bonds is 4. The first-order valence-corrected chi connectivity index (χ1v) is 8.69. The van der Waals surface area contributed by atoms with Gasteiger partial charge in [-0.15, -0.1) is 0 Å². The molecular weight excluding hydrogens is 325 g/mol. The van der Waals surface area contributed by atoms with Crippen molar-refractivity contribution in [3.8, 4) is 0 Å². The summed E-state index contributed by atoms with van der Waals surface area (Å²) in [6.07, 6.45) is 1.57. The van der Waals surface area contributed by atoms with Crippen LogP contribution in [0.2, 0.25) is 0 Å². The van der Waals surface area contributed by atoms with E-state index in [0.29, 0.717) is 13.0 Å². The highest BCUT2D eigenvalue weighted by molar-refractivity contribution is 7.89. The third kappa shape index (κ3) is 3.51. The Labute approximate surface area is 134 Å². The number of nitro groups is 1. The number of hydrogen-bond acceptors (Lipinski definition) is 5. The minimum atomic E-state index is -4.00. The molecule has 7 nitrogen and oxygen atoms in total. The first kappa shape index (κ1) is 17.8. The Bertz CT molecular complexity index is 723. The highest BCUT2D eigenvalue weighted by atomic mass is 32.2. The van der Waals surface area contributed by atoms with Gasteiger partial charge in [0.1, 0.15) is 5.82 Å². The van der Waals surface area contributed by atoms with Gasteiger partial charge in [-0.25, -0.2) is 12.8 Å². The molecule has 9 heteroatoms. The van der Waals surface area contributed by atoms with E-state index < -0.39 is 26.5 Å². The Balaban J connectivity index is 2.41. The molecule has 0 aliphatic carbocycles. The molecule has 0 unspecified atom stereocenters.